The Kier molecular flexibility index (Phi) is 2.42. The van der Waals surface area contributed by atoms with E-state index in [4.69, 9.17) is 0 Å². The second-order valence-electron chi connectivity index (χ2n) is 2.58. The Bertz CT molecular complexity index is 122. The third-order valence-electron chi connectivity index (χ3n) is 1.84. The first-order valence-corrected chi connectivity index (χ1v) is 3.56. The van der Waals surface area contributed by atoms with E-state index < -0.39 is 0 Å². The molecule has 0 aromatic heterocycles. The Morgan fingerprint density at radius 2 is 2.50 bits per heavy atom. The zero-order chi connectivity index (χ0) is 7.40. The number of likely N-dealkylation sites (tertiary alicyclic amines) is 1. The largest absolute Gasteiger partial charge is 0.376 e. The van der Waals surface area contributed by atoms with Crippen molar-refractivity contribution in [3.8, 4) is 0 Å². The third-order valence-corrected chi connectivity index (χ3v) is 1.84. The highest BCUT2D eigenvalue weighted by Crippen LogP contribution is 2.12. The molecule has 1 atom stereocenters. The topological polar surface area (TPSA) is 32.7 Å². The zero-order valence-corrected chi connectivity index (χ0v) is 5.99. The minimum atomic E-state index is -0.00764. The van der Waals surface area contributed by atoms with E-state index in [9.17, 15) is 4.91 Å². The van der Waals surface area contributed by atoms with Crippen LogP contribution in [-0.4, -0.2) is 24.0 Å². The number of rotatable bonds is 2. The van der Waals surface area contributed by atoms with Gasteiger partial charge in [0, 0.05) is 13.1 Å². The quantitative estimate of drug-likeness (QED) is 0.542. The fourth-order valence-electron chi connectivity index (χ4n) is 1.24. The number of hydrogen-bond acceptors (Lipinski definition) is 3. The molecule has 1 saturated heterocycles. The molecule has 3 heteroatoms. The Morgan fingerprint density at radius 1 is 1.70 bits per heavy atom. The van der Waals surface area contributed by atoms with Crippen molar-refractivity contribution >= 4 is 0 Å². The van der Waals surface area contributed by atoms with Gasteiger partial charge in [-0.2, -0.15) is 4.91 Å². The first kappa shape index (κ1) is 7.25. The normalized spacial score (nSPS) is 26.0. The van der Waals surface area contributed by atoms with Gasteiger partial charge in [-0.1, -0.05) is 11.8 Å². The van der Waals surface area contributed by atoms with Crippen molar-refractivity contribution in [3.63, 3.8) is 0 Å². The molecule has 0 N–H and O–H groups in total. The average Bonchev–Trinajstić information content (AvgIpc) is 2.05. The van der Waals surface area contributed by atoms with Crippen LogP contribution in [0, 0.1) is 4.91 Å². The van der Waals surface area contributed by atoms with Crippen LogP contribution in [0.3, 0.4) is 0 Å². The SMILES string of the molecule is C=CN1CCCC(N=O)C1. The van der Waals surface area contributed by atoms with Gasteiger partial charge in [-0.25, -0.2) is 0 Å². The van der Waals surface area contributed by atoms with E-state index >= 15 is 0 Å². The molecular weight excluding hydrogens is 128 g/mol. The summed E-state index contributed by atoms with van der Waals surface area (Å²) >= 11 is 0. The van der Waals surface area contributed by atoms with Crippen LogP contribution in [0.1, 0.15) is 12.8 Å². The highest BCUT2D eigenvalue weighted by Gasteiger charge is 2.16. The molecule has 0 bridgehead atoms. The van der Waals surface area contributed by atoms with Gasteiger partial charge >= 0.3 is 0 Å². The Hall–Kier alpha value is -0.860. The van der Waals surface area contributed by atoms with Crippen molar-refractivity contribution < 1.29 is 0 Å². The Labute approximate surface area is 60.7 Å². The first-order valence-electron chi connectivity index (χ1n) is 3.56. The van der Waals surface area contributed by atoms with Crippen molar-refractivity contribution in [2.45, 2.75) is 18.9 Å². The molecule has 56 valence electrons. The van der Waals surface area contributed by atoms with Gasteiger partial charge in [0.25, 0.3) is 0 Å². The fourth-order valence-corrected chi connectivity index (χ4v) is 1.24. The van der Waals surface area contributed by atoms with E-state index in [2.05, 4.69) is 11.8 Å². The summed E-state index contributed by atoms with van der Waals surface area (Å²) < 4.78 is 0. The molecule has 10 heavy (non-hydrogen) atoms. The molecule has 1 unspecified atom stereocenters. The maximum Gasteiger partial charge on any atom is 0.109 e. The third kappa shape index (κ3) is 1.56. The highest BCUT2D eigenvalue weighted by atomic mass is 16.3. The van der Waals surface area contributed by atoms with Gasteiger partial charge in [0.1, 0.15) is 6.04 Å². The molecule has 0 radical (unpaired) electrons. The summed E-state index contributed by atoms with van der Waals surface area (Å²) in [7, 11) is 0. The molecule has 0 aromatic carbocycles. The summed E-state index contributed by atoms with van der Waals surface area (Å²) in [5.74, 6) is 0. The standard InChI is InChI=1S/C7H12N2O/c1-2-9-5-3-4-7(6-9)8-10/h2,7H,1,3-6H2. The molecular formula is C7H12N2O. The summed E-state index contributed by atoms with van der Waals surface area (Å²) in [6.07, 6.45) is 3.77. The van der Waals surface area contributed by atoms with Crippen molar-refractivity contribution in [2.24, 2.45) is 5.18 Å². The number of nitrogens with zero attached hydrogens (tertiary/aromatic N) is 2. The number of piperidine rings is 1. The lowest BCUT2D eigenvalue weighted by molar-refractivity contribution is 0.281. The smallest absolute Gasteiger partial charge is 0.109 e. The van der Waals surface area contributed by atoms with Crippen molar-refractivity contribution in [1.29, 1.82) is 0 Å². The summed E-state index contributed by atoms with van der Waals surface area (Å²) in [5, 5.41) is 3.01. The van der Waals surface area contributed by atoms with Crippen LogP contribution in [0.15, 0.2) is 18.0 Å². The van der Waals surface area contributed by atoms with Gasteiger partial charge in [0.05, 0.1) is 0 Å². The van der Waals surface area contributed by atoms with Crippen LogP contribution < -0.4 is 0 Å². The summed E-state index contributed by atoms with van der Waals surface area (Å²) in [6, 6.07) is -0.00764. The lowest BCUT2D eigenvalue weighted by atomic mass is 10.1. The van der Waals surface area contributed by atoms with Crippen molar-refractivity contribution in [1.82, 2.24) is 4.90 Å². The summed E-state index contributed by atoms with van der Waals surface area (Å²) in [4.78, 5) is 12.1. The summed E-state index contributed by atoms with van der Waals surface area (Å²) in [5.41, 5.74) is 0. The van der Waals surface area contributed by atoms with E-state index in [0.717, 1.165) is 25.9 Å². The lowest BCUT2D eigenvalue weighted by Gasteiger charge is -2.27. The van der Waals surface area contributed by atoms with Crippen molar-refractivity contribution in [3.05, 3.63) is 17.7 Å². The monoisotopic (exact) mass is 140 g/mol. The molecule has 1 aliphatic rings. The van der Waals surface area contributed by atoms with Crippen LogP contribution in [0.25, 0.3) is 0 Å². The molecule has 0 aromatic rings. The zero-order valence-electron chi connectivity index (χ0n) is 5.99. The number of nitroso groups, excluding NO2 is 1. The van der Waals surface area contributed by atoms with Crippen LogP contribution in [0.2, 0.25) is 0 Å². The van der Waals surface area contributed by atoms with Crippen LogP contribution in [0.5, 0.6) is 0 Å². The van der Waals surface area contributed by atoms with E-state index in [1.165, 1.54) is 0 Å². The van der Waals surface area contributed by atoms with Gasteiger partial charge in [-0.15, -0.1) is 0 Å². The molecule has 3 nitrogen and oxygen atoms in total. The lowest BCUT2D eigenvalue weighted by Crippen LogP contribution is -2.33. The molecule has 0 amide bonds. The van der Waals surface area contributed by atoms with Crippen LogP contribution in [-0.2, 0) is 0 Å². The molecule has 1 heterocycles. The first-order chi connectivity index (χ1) is 4.86. The molecule has 0 aliphatic carbocycles. The minimum absolute atomic E-state index is 0.00764. The summed E-state index contributed by atoms with van der Waals surface area (Å²) in [6.45, 7) is 5.42. The maximum absolute atomic E-state index is 10.1. The van der Waals surface area contributed by atoms with Gasteiger partial charge < -0.3 is 4.90 Å². The van der Waals surface area contributed by atoms with E-state index in [1.54, 1.807) is 6.20 Å². The highest BCUT2D eigenvalue weighted by molar-refractivity contribution is 4.82. The predicted octanol–water partition coefficient (Wildman–Crippen LogP) is 1.36. The minimum Gasteiger partial charge on any atom is -0.376 e. The van der Waals surface area contributed by atoms with Gasteiger partial charge in [0.2, 0.25) is 0 Å². The molecule has 1 fully saturated rings. The second kappa shape index (κ2) is 3.34. The van der Waals surface area contributed by atoms with E-state index in [0.29, 0.717) is 0 Å². The Morgan fingerprint density at radius 3 is 3.10 bits per heavy atom. The molecule has 1 rings (SSSR count). The molecule has 0 saturated carbocycles. The second-order valence-corrected chi connectivity index (χ2v) is 2.58. The van der Waals surface area contributed by atoms with Gasteiger partial charge in [-0.3, -0.25) is 0 Å². The van der Waals surface area contributed by atoms with Gasteiger partial charge in [-0.05, 0) is 19.0 Å². The predicted molar refractivity (Wildman–Crippen MR) is 40.6 cm³/mol. The van der Waals surface area contributed by atoms with E-state index in [1.807, 2.05) is 4.90 Å². The van der Waals surface area contributed by atoms with Gasteiger partial charge in [0.15, 0.2) is 0 Å². The average molecular weight is 140 g/mol. The maximum atomic E-state index is 10.1. The van der Waals surface area contributed by atoms with E-state index in [-0.39, 0.29) is 6.04 Å². The molecule has 1 aliphatic heterocycles. The Balaban J connectivity index is 2.38. The van der Waals surface area contributed by atoms with Crippen LogP contribution >= 0.6 is 0 Å². The fraction of sp³-hybridized carbons (Fsp3) is 0.714. The van der Waals surface area contributed by atoms with Crippen LogP contribution in [0.4, 0.5) is 0 Å². The molecule has 0 spiro atoms. The van der Waals surface area contributed by atoms with Crippen molar-refractivity contribution in [2.75, 3.05) is 13.1 Å². The number of hydrogen-bond donors (Lipinski definition) is 0.